The molecule has 0 saturated carbocycles. The molecular weight excluding hydrogens is 801 g/mol. The number of aryl methyl sites for hydroxylation is 2. The van der Waals surface area contributed by atoms with E-state index < -0.39 is 0 Å². The highest BCUT2D eigenvalue weighted by Gasteiger charge is 2.24. The molecule has 0 aliphatic carbocycles. The molecule has 4 heteroatoms. The molecule has 10 aromatic carbocycles. The quantitative estimate of drug-likeness (QED) is 0.164. The molecule has 0 radical (unpaired) electrons. The third-order valence-corrected chi connectivity index (χ3v) is 14.1. The summed E-state index contributed by atoms with van der Waals surface area (Å²) in [5.41, 5.74) is 18.9. The van der Waals surface area contributed by atoms with E-state index in [1.54, 1.807) is 0 Å². The minimum atomic E-state index is 1.11. The zero-order valence-electron chi connectivity index (χ0n) is 36.6. The smallest absolute Gasteiger partial charge is 0.0641 e. The summed E-state index contributed by atoms with van der Waals surface area (Å²) in [6.07, 6.45) is 0. The van der Waals surface area contributed by atoms with Gasteiger partial charge in [0.2, 0.25) is 0 Å². The molecular formula is C62H42N4. The summed E-state index contributed by atoms with van der Waals surface area (Å²) in [5, 5.41) is 9.95. The van der Waals surface area contributed by atoms with Gasteiger partial charge in [0.1, 0.15) is 0 Å². The van der Waals surface area contributed by atoms with Gasteiger partial charge < -0.3 is 18.3 Å². The van der Waals surface area contributed by atoms with Crippen LogP contribution in [0, 0.1) is 13.8 Å². The van der Waals surface area contributed by atoms with Crippen LogP contribution in [0.25, 0.3) is 121 Å². The van der Waals surface area contributed by atoms with Crippen LogP contribution in [-0.2, 0) is 0 Å². The standard InChI is InChI=1S/C62H42N4/c1-39-24-28-43(29-25-39)65-53-20-10-6-16-47(53)49-32-34-57-59(61(49)65)51-18-8-12-22-55(51)63(57)45-36-42(41-14-4-3-5-15-41)37-46(38-45)64-56-23-13-9-19-52(56)60-58(64)35-33-50-48-17-7-11-21-54(48)66(62(50)60)44-30-26-40(2)27-31-44/h3-38H,1-2H3. The summed E-state index contributed by atoms with van der Waals surface area (Å²) < 4.78 is 9.95. The Labute approximate surface area is 381 Å². The second kappa shape index (κ2) is 13.9. The first-order valence-electron chi connectivity index (χ1n) is 22.8. The van der Waals surface area contributed by atoms with Crippen LogP contribution in [0.3, 0.4) is 0 Å². The van der Waals surface area contributed by atoms with Crippen molar-refractivity contribution < 1.29 is 0 Å². The fraction of sp³-hybridized carbons (Fsp3) is 0.0323. The van der Waals surface area contributed by atoms with Crippen molar-refractivity contribution >= 4 is 87.2 Å². The van der Waals surface area contributed by atoms with Gasteiger partial charge in [-0.1, -0.05) is 151 Å². The van der Waals surface area contributed by atoms with Crippen LogP contribution in [0.5, 0.6) is 0 Å². The molecule has 0 unspecified atom stereocenters. The van der Waals surface area contributed by atoms with Crippen molar-refractivity contribution in [1.29, 1.82) is 0 Å². The highest BCUT2D eigenvalue weighted by Crippen LogP contribution is 2.45. The number of rotatable bonds is 5. The van der Waals surface area contributed by atoms with Crippen molar-refractivity contribution in [2.45, 2.75) is 13.8 Å². The Bertz CT molecular complexity index is 4010. The van der Waals surface area contributed by atoms with Crippen molar-refractivity contribution in [1.82, 2.24) is 18.3 Å². The van der Waals surface area contributed by atoms with Crippen LogP contribution in [0.4, 0.5) is 0 Å². The third kappa shape index (κ3) is 5.21. The molecule has 0 spiro atoms. The lowest BCUT2D eigenvalue weighted by Gasteiger charge is -2.16. The maximum Gasteiger partial charge on any atom is 0.0641 e. The predicted molar refractivity (Wildman–Crippen MR) is 279 cm³/mol. The van der Waals surface area contributed by atoms with Gasteiger partial charge in [-0.15, -0.1) is 0 Å². The fourth-order valence-electron chi connectivity index (χ4n) is 11.1. The van der Waals surface area contributed by atoms with E-state index >= 15 is 0 Å². The van der Waals surface area contributed by atoms with Crippen LogP contribution >= 0.6 is 0 Å². The lowest BCUT2D eigenvalue weighted by atomic mass is 10.0. The summed E-state index contributed by atoms with van der Waals surface area (Å²) in [5.74, 6) is 0. The number of benzene rings is 10. The second-order valence-electron chi connectivity index (χ2n) is 17.9. The van der Waals surface area contributed by atoms with Crippen molar-refractivity contribution in [2.75, 3.05) is 0 Å². The first-order valence-corrected chi connectivity index (χ1v) is 22.8. The number of aromatic nitrogens is 4. The van der Waals surface area contributed by atoms with Gasteiger partial charge in [-0.05, 0) is 104 Å². The number of para-hydroxylation sites is 4. The molecule has 0 amide bonds. The van der Waals surface area contributed by atoms with Gasteiger partial charge in [0.15, 0.2) is 0 Å². The van der Waals surface area contributed by atoms with Gasteiger partial charge in [-0.25, -0.2) is 0 Å². The molecule has 0 atom stereocenters. The summed E-state index contributed by atoms with van der Waals surface area (Å²) in [7, 11) is 0. The van der Waals surface area contributed by atoms with Gasteiger partial charge in [0.25, 0.3) is 0 Å². The van der Waals surface area contributed by atoms with E-state index in [-0.39, 0.29) is 0 Å². The Morgan fingerprint density at radius 1 is 0.242 bits per heavy atom. The Kier molecular flexibility index (Phi) is 7.79. The number of nitrogens with zero attached hydrogens (tertiary/aromatic N) is 4. The van der Waals surface area contributed by atoms with Crippen LogP contribution in [0.15, 0.2) is 218 Å². The molecule has 66 heavy (non-hydrogen) atoms. The van der Waals surface area contributed by atoms with E-state index in [1.165, 1.54) is 104 Å². The fourth-order valence-corrected chi connectivity index (χ4v) is 11.1. The minimum absolute atomic E-state index is 1.11. The van der Waals surface area contributed by atoms with E-state index in [9.17, 15) is 0 Å². The number of hydrogen-bond acceptors (Lipinski definition) is 0. The zero-order chi connectivity index (χ0) is 43.6. The van der Waals surface area contributed by atoms with E-state index in [2.05, 4.69) is 251 Å². The summed E-state index contributed by atoms with van der Waals surface area (Å²) >= 11 is 0. The maximum absolute atomic E-state index is 2.50. The van der Waals surface area contributed by atoms with Gasteiger partial charge >= 0.3 is 0 Å². The van der Waals surface area contributed by atoms with Crippen molar-refractivity contribution in [3.63, 3.8) is 0 Å². The highest BCUT2D eigenvalue weighted by molar-refractivity contribution is 6.27. The SMILES string of the molecule is Cc1ccc(-n2c3ccccc3c3ccc4c(c5ccccc5n4-c4cc(-c5ccccc5)cc(-n5c6ccccc6c6c5ccc5c7ccccc7n(-c7ccc(C)cc7)c56)c4)c32)cc1. The predicted octanol–water partition coefficient (Wildman–Crippen LogP) is 16.4. The molecule has 310 valence electrons. The molecule has 4 heterocycles. The van der Waals surface area contributed by atoms with E-state index in [0.29, 0.717) is 0 Å². The normalized spacial score (nSPS) is 12.1. The van der Waals surface area contributed by atoms with Crippen molar-refractivity contribution in [3.05, 3.63) is 230 Å². The first kappa shape index (κ1) is 36.8. The minimum Gasteiger partial charge on any atom is -0.309 e. The van der Waals surface area contributed by atoms with E-state index in [4.69, 9.17) is 0 Å². The summed E-state index contributed by atoms with van der Waals surface area (Å²) in [6.45, 7) is 4.31. The number of fused-ring (bicyclic) bond motifs is 14. The van der Waals surface area contributed by atoms with Gasteiger partial charge in [0.05, 0.1) is 44.1 Å². The van der Waals surface area contributed by atoms with Crippen LogP contribution < -0.4 is 0 Å². The van der Waals surface area contributed by atoms with E-state index in [0.717, 1.165) is 28.3 Å². The molecule has 14 aromatic rings. The molecule has 0 aliphatic rings. The van der Waals surface area contributed by atoms with Crippen LogP contribution in [-0.4, -0.2) is 18.3 Å². The topological polar surface area (TPSA) is 19.7 Å². The summed E-state index contributed by atoms with van der Waals surface area (Å²) in [6, 6.07) is 80.9. The second-order valence-corrected chi connectivity index (χ2v) is 17.9. The molecule has 4 aromatic heterocycles. The Morgan fingerprint density at radius 3 is 1.06 bits per heavy atom. The van der Waals surface area contributed by atoms with Gasteiger partial charge in [-0.2, -0.15) is 0 Å². The average molecular weight is 843 g/mol. The lowest BCUT2D eigenvalue weighted by molar-refractivity contribution is 1.13. The van der Waals surface area contributed by atoms with Crippen molar-refractivity contribution in [3.8, 4) is 33.9 Å². The van der Waals surface area contributed by atoms with Crippen LogP contribution in [0.1, 0.15) is 11.1 Å². The van der Waals surface area contributed by atoms with Crippen molar-refractivity contribution in [2.24, 2.45) is 0 Å². The van der Waals surface area contributed by atoms with E-state index in [1.807, 2.05) is 0 Å². The maximum atomic E-state index is 2.50. The Morgan fingerprint density at radius 2 is 0.621 bits per heavy atom. The molecule has 0 saturated heterocycles. The zero-order valence-corrected chi connectivity index (χ0v) is 36.6. The lowest BCUT2D eigenvalue weighted by Crippen LogP contribution is -2.00. The van der Waals surface area contributed by atoms with Crippen LogP contribution in [0.2, 0.25) is 0 Å². The molecule has 0 bridgehead atoms. The number of hydrogen-bond donors (Lipinski definition) is 0. The monoisotopic (exact) mass is 842 g/mol. The molecule has 0 fully saturated rings. The van der Waals surface area contributed by atoms with Gasteiger partial charge in [0, 0.05) is 65.8 Å². The Balaban J connectivity index is 1.10. The molecule has 14 rings (SSSR count). The average Bonchev–Trinajstić information content (AvgIpc) is 4.10. The largest absolute Gasteiger partial charge is 0.309 e. The molecule has 0 aliphatic heterocycles. The molecule has 0 N–H and O–H groups in total. The molecule has 4 nitrogen and oxygen atoms in total. The third-order valence-electron chi connectivity index (χ3n) is 14.1. The first-order chi connectivity index (χ1) is 32.6. The Hall–Kier alpha value is -8.60. The highest BCUT2D eigenvalue weighted by atomic mass is 15.0. The summed E-state index contributed by atoms with van der Waals surface area (Å²) in [4.78, 5) is 0. The van der Waals surface area contributed by atoms with Gasteiger partial charge in [-0.3, -0.25) is 0 Å².